The first kappa shape index (κ1) is 22.1. The molecule has 0 saturated carbocycles. The van der Waals surface area contributed by atoms with Gasteiger partial charge in [-0.15, -0.1) is 0 Å². The van der Waals surface area contributed by atoms with E-state index in [0.29, 0.717) is 12.0 Å². The predicted molar refractivity (Wildman–Crippen MR) is 112 cm³/mol. The summed E-state index contributed by atoms with van der Waals surface area (Å²) in [6.07, 6.45) is 8.26. The van der Waals surface area contributed by atoms with Crippen LogP contribution in [-0.4, -0.2) is 27.3 Å². The number of unbranched alkanes of at least 4 members (excludes halogenated alkanes) is 3. The Bertz CT molecular complexity index is 558. The van der Waals surface area contributed by atoms with Gasteiger partial charge in [0.2, 0.25) is 0 Å². The molecular formula is C22H34N2Pb. The Labute approximate surface area is 160 Å². The summed E-state index contributed by atoms with van der Waals surface area (Å²) in [5.41, 5.74) is 1.86. The van der Waals surface area contributed by atoms with Crippen molar-refractivity contribution in [1.29, 1.82) is 5.26 Å². The van der Waals surface area contributed by atoms with Gasteiger partial charge in [0.1, 0.15) is 0 Å². The number of hydrogen-bond acceptors (Lipinski definition) is 2. The van der Waals surface area contributed by atoms with Gasteiger partial charge in [-0.05, 0) is 0 Å². The second-order valence-electron chi connectivity index (χ2n) is 7.01. The summed E-state index contributed by atoms with van der Waals surface area (Å²) >= 11 is -2.72. The van der Waals surface area contributed by atoms with Crippen LogP contribution in [0.25, 0.3) is 0 Å². The normalized spacial score (nSPS) is 10.8. The molecule has 0 fully saturated rings. The van der Waals surface area contributed by atoms with E-state index in [0.717, 1.165) is 0 Å². The molecule has 0 atom stereocenters. The van der Waals surface area contributed by atoms with Gasteiger partial charge in [-0.25, -0.2) is 0 Å². The minimum absolute atomic E-state index is 0.653. The first-order valence-electron chi connectivity index (χ1n) is 9.97. The van der Waals surface area contributed by atoms with Gasteiger partial charge in [0.15, 0.2) is 0 Å². The summed E-state index contributed by atoms with van der Waals surface area (Å²) in [5, 5.41) is 9.53. The van der Waals surface area contributed by atoms with E-state index < -0.39 is 21.5 Å². The maximum atomic E-state index is 9.53. The molecule has 1 aromatic rings. The molecule has 136 valence electrons. The molecule has 0 amide bonds. The van der Waals surface area contributed by atoms with Crippen LogP contribution in [0.15, 0.2) is 38.7 Å². The molecule has 0 saturated heterocycles. The van der Waals surface area contributed by atoms with Crippen LogP contribution >= 0.6 is 0 Å². The van der Waals surface area contributed by atoms with Gasteiger partial charge < -0.3 is 0 Å². The van der Waals surface area contributed by atoms with Crippen molar-refractivity contribution in [3.63, 3.8) is 0 Å². The van der Waals surface area contributed by atoms with Crippen LogP contribution in [0.4, 0.5) is 0 Å². The second-order valence-corrected chi connectivity index (χ2v) is 23.2. The Balaban J connectivity index is 3.07. The van der Waals surface area contributed by atoms with Crippen LogP contribution in [0, 0.1) is 11.3 Å². The quantitative estimate of drug-likeness (QED) is 0.167. The summed E-state index contributed by atoms with van der Waals surface area (Å²) in [7, 11) is 0. The minimum atomic E-state index is -2.72. The molecule has 3 heteroatoms. The molecule has 0 N–H and O–H groups in total. The number of nitriles is 1. The summed E-state index contributed by atoms with van der Waals surface area (Å²) in [6, 6.07) is 12.5. The Morgan fingerprint density at radius 2 is 1.44 bits per heavy atom. The van der Waals surface area contributed by atoms with Gasteiger partial charge in [0.25, 0.3) is 0 Å². The van der Waals surface area contributed by atoms with Crippen molar-refractivity contribution >= 4 is 27.3 Å². The Morgan fingerprint density at radius 3 is 1.88 bits per heavy atom. The summed E-state index contributed by atoms with van der Waals surface area (Å²) in [5.74, 6) is 3.26. The molecule has 0 aromatic heterocycles. The summed E-state index contributed by atoms with van der Waals surface area (Å²) in [4.78, 5) is 0. The van der Waals surface area contributed by atoms with Crippen LogP contribution in [0.2, 0.25) is 11.9 Å². The average molecular weight is 534 g/mol. The van der Waals surface area contributed by atoms with Crippen molar-refractivity contribution < 1.29 is 0 Å². The number of nitrogens with zero attached hydrogens (tertiary/aromatic N) is 2. The van der Waals surface area contributed by atoms with E-state index in [4.69, 9.17) is 2.80 Å². The molecule has 1 aromatic carbocycles. The molecule has 0 aliphatic rings. The van der Waals surface area contributed by atoms with Crippen LogP contribution in [0.1, 0.15) is 64.9 Å². The fraction of sp³-hybridized carbons (Fsp3) is 0.591. The van der Waals surface area contributed by atoms with Crippen LogP contribution < -0.4 is 0 Å². The predicted octanol–water partition coefficient (Wildman–Crippen LogP) is 6.69. The van der Waals surface area contributed by atoms with E-state index in [1.807, 2.05) is 18.2 Å². The van der Waals surface area contributed by atoms with Crippen molar-refractivity contribution in [2.24, 2.45) is 2.80 Å². The fourth-order valence-corrected chi connectivity index (χ4v) is 20.6. The Morgan fingerprint density at radius 1 is 0.920 bits per heavy atom. The molecule has 0 unspecified atom stereocenters. The van der Waals surface area contributed by atoms with Gasteiger partial charge in [-0.3, -0.25) is 0 Å². The van der Waals surface area contributed by atoms with E-state index in [1.54, 1.807) is 0 Å². The second kappa shape index (κ2) is 13.3. The van der Waals surface area contributed by atoms with Gasteiger partial charge in [0.05, 0.1) is 0 Å². The number of rotatable bonds is 12. The molecule has 2 nitrogen and oxygen atoms in total. The third-order valence-electron chi connectivity index (χ3n) is 4.77. The number of hydrogen-bond donors (Lipinski definition) is 0. The molecular weight excluding hydrogens is 499 g/mol. The van der Waals surface area contributed by atoms with Crippen LogP contribution in [0.5, 0.6) is 0 Å². The van der Waals surface area contributed by atoms with E-state index in [-0.39, 0.29) is 0 Å². The SMILES string of the molecule is CCC[CH2][Pb]([CH2]CCC)([CH2]CCC)[N]=C=C(C#N)Cc1ccccc1. The first-order valence-corrected chi connectivity index (χ1v) is 20.0. The van der Waals surface area contributed by atoms with Gasteiger partial charge in [-0.2, -0.15) is 0 Å². The monoisotopic (exact) mass is 534 g/mol. The fourth-order valence-electron chi connectivity index (χ4n) is 3.15. The van der Waals surface area contributed by atoms with Gasteiger partial charge in [-0.1, -0.05) is 0 Å². The van der Waals surface area contributed by atoms with E-state index in [2.05, 4.69) is 44.8 Å². The summed E-state index contributed by atoms with van der Waals surface area (Å²) < 4.78 is 9.15. The Kier molecular flexibility index (Phi) is 11.8. The zero-order valence-electron chi connectivity index (χ0n) is 16.4. The molecule has 0 aliphatic carbocycles. The molecule has 0 radical (unpaired) electrons. The average Bonchev–Trinajstić information content (AvgIpc) is 2.66. The van der Waals surface area contributed by atoms with Crippen LogP contribution in [0.3, 0.4) is 0 Å². The van der Waals surface area contributed by atoms with E-state index in [9.17, 15) is 5.26 Å². The summed E-state index contributed by atoms with van der Waals surface area (Å²) in [6.45, 7) is 6.82. The molecule has 0 aliphatic heterocycles. The molecule has 1 rings (SSSR count). The zero-order valence-corrected chi connectivity index (χ0v) is 20.2. The van der Waals surface area contributed by atoms with E-state index >= 15 is 0 Å². The molecule has 25 heavy (non-hydrogen) atoms. The topological polar surface area (TPSA) is 36.1 Å². The third-order valence-corrected chi connectivity index (χ3v) is 22.0. The molecule has 0 heterocycles. The van der Waals surface area contributed by atoms with Crippen molar-refractivity contribution in [2.75, 3.05) is 0 Å². The van der Waals surface area contributed by atoms with Crippen molar-refractivity contribution in [3.8, 4) is 6.07 Å². The number of benzene rings is 1. The number of allylic oxidation sites excluding steroid dienone is 1. The van der Waals surface area contributed by atoms with Gasteiger partial charge in [0, 0.05) is 0 Å². The van der Waals surface area contributed by atoms with Gasteiger partial charge >= 0.3 is 161 Å². The Hall–Kier alpha value is -0.918. The van der Waals surface area contributed by atoms with Crippen LogP contribution in [-0.2, 0) is 6.42 Å². The van der Waals surface area contributed by atoms with Crippen molar-refractivity contribution in [1.82, 2.24) is 0 Å². The molecule has 0 bridgehead atoms. The standard InChI is InChI=1S/C10H7N2.3C4H9.Pb/c11-7-10(8-12)6-9-4-2-1-3-5-9;3*1-3-4-2;/h1-5H,6H2;3*1,3-4H2,2H3;/q-1;;;;+1. The maximum absolute atomic E-state index is 9.53. The van der Waals surface area contributed by atoms with Crippen molar-refractivity contribution in [2.45, 2.75) is 77.7 Å². The molecule has 0 spiro atoms. The first-order chi connectivity index (χ1) is 12.2. The van der Waals surface area contributed by atoms with E-state index in [1.165, 1.54) is 56.0 Å². The third kappa shape index (κ3) is 8.83. The zero-order chi connectivity index (χ0) is 18.4. The van der Waals surface area contributed by atoms with Crippen molar-refractivity contribution in [3.05, 3.63) is 41.5 Å².